The molecule has 0 spiro atoms. The average Bonchev–Trinajstić information content (AvgIpc) is 2.30. The minimum absolute atomic E-state index is 0.423. The molecule has 2 nitrogen and oxygen atoms in total. The van der Waals surface area contributed by atoms with Crippen LogP contribution in [0.1, 0.15) is 52.9 Å². The fraction of sp³-hybridized carbons (Fsp3) is 1.00. The van der Waals surface area contributed by atoms with Crippen molar-refractivity contribution in [1.82, 2.24) is 10.2 Å². The molecule has 102 valence electrons. The summed E-state index contributed by atoms with van der Waals surface area (Å²) >= 11 is 0. The molecule has 1 fully saturated rings. The van der Waals surface area contributed by atoms with Crippen LogP contribution < -0.4 is 5.32 Å². The van der Waals surface area contributed by atoms with E-state index in [1.807, 2.05) is 0 Å². The monoisotopic (exact) mass is 240 g/mol. The minimum atomic E-state index is 0.423. The van der Waals surface area contributed by atoms with Gasteiger partial charge in [0.2, 0.25) is 0 Å². The lowest BCUT2D eigenvalue weighted by atomic mass is 9.83. The van der Waals surface area contributed by atoms with Gasteiger partial charge in [0, 0.05) is 19.1 Å². The van der Waals surface area contributed by atoms with Crippen LogP contribution in [0.25, 0.3) is 0 Å². The van der Waals surface area contributed by atoms with Gasteiger partial charge in [-0.1, -0.05) is 20.8 Å². The molecule has 1 saturated carbocycles. The molecule has 0 amide bonds. The Morgan fingerprint density at radius 1 is 1.24 bits per heavy atom. The second-order valence-electron chi connectivity index (χ2n) is 6.52. The van der Waals surface area contributed by atoms with E-state index in [-0.39, 0.29) is 0 Å². The number of nitrogens with zero attached hydrogens (tertiary/aromatic N) is 1. The Morgan fingerprint density at radius 2 is 1.82 bits per heavy atom. The number of rotatable bonds is 6. The standard InChI is InChI=1S/C15H32N2/c1-6-15(3,11-16-4)12-17(5)14-9-7-13(2)8-10-14/h13-14,16H,6-12H2,1-5H3. The fourth-order valence-electron chi connectivity index (χ4n) is 3.13. The van der Waals surface area contributed by atoms with Crippen LogP contribution >= 0.6 is 0 Å². The molecule has 17 heavy (non-hydrogen) atoms. The quantitative estimate of drug-likeness (QED) is 0.767. The Hall–Kier alpha value is -0.0800. The molecule has 0 radical (unpaired) electrons. The molecule has 0 aromatic rings. The zero-order valence-electron chi connectivity index (χ0n) is 12.6. The van der Waals surface area contributed by atoms with Crippen molar-refractivity contribution in [1.29, 1.82) is 0 Å². The molecule has 0 aromatic carbocycles. The first-order valence-corrected chi connectivity index (χ1v) is 7.35. The van der Waals surface area contributed by atoms with E-state index in [2.05, 4.69) is 45.1 Å². The van der Waals surface area contributed by atoms with Crippen LogP contribution in [0.2, 0.25) is 0 Å². The van der Waals surface area contributed by atoms with E-state index in [1.165, 1.54) is 38.6 Å². The zero-order valence-corrected chi connectivity index (χ0v) is 12.6. The van der Waals surface area contributed by atoms with Gasteiger partial charge in [0.05, 0.1) is 0 Å². The van der Waals surface area contributed by atoms with Crippen molar-refractivity contribution in [3.05, 3.63) is 0 Å². The predicted molar refractivity (Wildman–Crippen MR) is 76.4 cm³/mol. The maximum absolute atomic E-state index is 3.35. The van der Waals surface area contributed by atoms with Crippen LogP contribution in [0.3, 0.4) is 0 Å². The van der Waals surface area contributed by atoms with Crippen molar-refractivity contribution < 1.29 is 0 Å². The molecule has 2 heteroatoms. The van der Waals surface area contributed by atoms with Gasteiger partial charge in [-0.3, -0.25) is 0 Å². The Labute approximate surface area is 108 Å². The van der Waals surface area contributed by atoms with Gasteiger partial charge in [-0.05, 0) is 57.5 Å². The Balaban J connectivity index is 2.44. The van der Waals surface area contributed by atoms with Crippen molar-refractivity contribution in [2.75, 3.05) is 27.2 Å². The van der Waals surface area contributed by atoms with Gasteiger partial charge in [0.25, 0.3) is 0 Å². The highest BCUT2D eigenvalue weighted by atomic mass is 15.1. The molecule has 1 aliphatic carbocycles. The number of nitrogens with one attached hydrogen (secondary N) is 1. The molecule has 1 unspecified atom stereocenters. The fourth-order valence-corrected chi connectivity index (χ4v) is 3.13. The molecule has 1 rings (SSSR count). The minimum Gasteiger partial charge on any atom is -0.319 e. The summed E-state index contributed by atoms with van der Waals surface area (Å²) in [6, 6.07) is 0.828. The van der Waals surface area contributed by atoms with E-state index in [1.54, 1.807) is 0 Å². The van der Waals surface area contributed by atoms with Crippen molar-refractivity contribution in [3.63, 3.8) is 0 Å². The first kappa shape index (κ1) is 15.0. The maximum Gasteiger partial charge on any atom is 0.00926 e. The smallest absolute Gasteiger partial charge is 0.00926 e. The van der Waals surface area contributed by atoms with Gasteiger partial charge in [-0.2, -0.15) is 0 Å². The van der Waals surface area contributed by atoms with Crippen LogP contribution in [-0.2, 0) is 0 Å². The van der Waals surface area contributed by atoms with Gasteiger partial charge in [-0.15, -0.1) is 0 Å². The zero-order chi connectivity index (χ0) is 12.9. The Bertz CT molecular complexity index is 209. The summed E-state index contributed by atoms with van der Waals surface area (Å²) in [4.78, 5) is 2.62. The molecule has 1 atom stereocenters. The second-order valence-corrected chi connectivity index (χ2v) is 6.52. The van der Waals surface area contributed by atoms with E-state index in [9.17, 15) is 0 Å². The van der Waals surface area contributed by atoms with Crippen LogP contribution in [0, 0.1) is 11.3 Å². The van der Waals surface area contributed by atoms with E-state index in [0.717, 1.165) is 18.5 Å². The highest BCUT2D eigenvalue weighted by Gasteiger charge is 2.28. The molecule has 0 saturated heterocycles. The lowest BCUT2D eigenvalue weighted by molar-refractivity contribution is 0.109. The van der Waals surface area contributed by atoms with Crippen molar-refractivity contribution in [2.24, 2.45) is 11.3 Å². The van der Waals surface area contributed by atoms with Crippen LogP contribution in [0.4, 0.5) is 0 Å². The summed E-state index contributed by atoms with van der Waals surface area (Å²) in [6.45, 7) is 9.47. The van der Waals surface area contributed by atoms with Gasteiger partial charge in [0.15, 0.2) is 0 Å². The molecular weight excluding hydrogens is 208 g/mol. The van der Waals surface area contributed by atoms with Crippen LogP contribution in [0.15, 0.2) is 0 Å². The maximum atomic E-state index is 3.35. The molecule has 0 bridgehead atoms. The lowest BCUT2D eigenvalue weighted by Gasteiger charge is -2.39. The van der Waals surface area contributed by atoms with Crippen molar-refractivity contribution in [3.8, 4) is 0 Å². The average molecular weight is 240 g/mol. The van der Waals surface area contributed by atoms with Gasteiger partial charge < -0.3 is 10.2 Å². The predicted octanol–water partition coefficient (Wildman–Crippen LogP) is 3.13. The highest BCUT2D eigenvalue weighted by molar-refractivity contribution is 4.83. The second kappa shape index (κ2) is 6.75. The Kier molecular flexibility index (Phi) is 5.94. The summed E-state index contributed by atoms with van der Waals surface area (Å²) in [5, 5.41) is 3.35. The summed E-state index contributed by atoms with van der Waals surface area (Å²) in [5.41, 5.74) is 0.423. The number of hydrogen-bond donors (Lipinski definition) is 1. The molecular formula is C15H32N2. The van der Waals surface area contributed by atoms with Crippen LogP contribution in [0.5, 0.6) is 0 Å². The molecule has 1 aliphatic rings. The molecule has 1 N–H and O–H groups in total. The van der Waals surface area contributed by atoms with Crippen LogP contribution in [-0.4, -0.2) is 38.1 Å². The summed E-state index contributed by atoms with van der Waals surface area (Å²) in [6.07, 6.45) is 6.89. The Morgan fingerprint density at radius 3 is 2.29 bits per heavy atom. The van der Waals surface area contributed by atoms with Gasteiger partial charge in [0.1, 0.15) is 0 Å². The van der Waals surface area contributed by atoms with Crippen molar-refractivity contribution in [2.45, 2.75) is 58.9 Å². The van der Waals surface area contributed by atoms with E-state index in [0.29, 0.717) is 5.41 Å². The summed E-state index contributed by atoms with van der Waals surface area (Å²) in [5.74, 6) is 0.953. The first-order valence-electron chi connectivity index (χ1n) is 7.35. The summed E-state index contributed by atoms with van der Waals surface area (Å²) in [7, 11) is 4.39. The summed E-state index contributed by atoms with van der Waals surface area (Å²) < 4.78 is 0. The third kappa shape index (κ3) is 4.59. The molecule has 0 aromatic heterocycles. The molecule has 0 aliphatic heterocycles. The molecule has 0 heterocycles. The largest absolute Gasteiger partial charge is 0.319 e. The number of hydrogen-bond acceptors (Lipinski definition) is 2. The van der Waals surface area contributed by atoms with Gasteiger partial charge >= 0.3 is 0 Å². The lowest BCUT2D eigenvalue weighted by Crippen LogP contribution is -2.44. The van der Waals surface area contributed by atoms with Gasteiger partial charge in [-0.25, -0.2) is 0 Å². The SMILES string of the molecule is CCC(C)(CNC)CN(C)C1CCC(C)CC1. The third-order valence-electron chi connectivity index (χ3n) is 4.70. The van der Waals surface area contributed by atoms with E-state index in [4.69, 9.17) is 0 Å². The first-order chi connectivity index (χ1) is 8.00. The highest BCUT2D eigenvalue weighted by Crippen LogP contribution is 2.29. The van der Waals surface area contributed by atoms with E-state index < -0.39 is 0 Å². The third-order valence-corrected chi connectivity index (χ3v) is 4.70. The van der Waals surface area contributed by atoms with E-state index >= 15 is 0 Å². The topological polar surface area (TPSA) is 15.3 Å². The van der Waals surface area contributed by atoms with Crippen molar-refractivity contribution >= 4 is 0 Å². The normalized spacial score (nSPS) is 29.3.